The lowest BCUT2D eigenvalue weighted by atomic mass is 10.1. The third kappa shape index (κ3) is 2.72. The van der Waals surface area contributed by atoms with Crippen LogP contribution in [0.4, 0.5) is 13.2 Å². The van der Waals surface area contributed by atoms with E-state index in [2.05, 4.69) is 5.32 Å². The fraction of sp³-hybridized carbons (Fsp3) is 0.300. The monoisotopic (exact) mass is 230 g/mol. The molecule has 6 heteroatoms. The fourth-order valence-corrected chi connectivity index (χ4v) is 1.19. The number of halogens is 3. The molecule has 0 radical (unpaired) electrons. The summed E-state index contributed by atoms with van der Waals surface area (Å²) in [5.74, 6) is -4.26. The van der Waals surface area contributed by atoms with E-state index < -0.39 is 23.5 Å². The van der Waals surface area contributed by atoms with E-state index in [1.807, 2.05) is 0 Å². The molecule has 1 rings (SSSR count). The summed E-state index contributed by atoms with van der Waals surface area (Å²) in [4.78, 5) is 0. The summed E-state index contributed by atoms with van der Waals surface area (Å²) in [7, 11) is 0. The van der Waals surface area contributed by atoms with Crippen LogP contribution in [0, 0.1) is 28.8 Å². The third-order valence-electron chi connectivity index (χ3n) is 1.93. The van der Waals surface area contributed by atoms with Crippen LogP contribution in [0.25, 0.3) is 0 Å². The molecule has 0 aliphatic heterocycles. The Kier molecular flexibility index (Phi) is 4.28. The van der Waals surface area contributed by atoms with Gasteiger partial charge in [-0.2, -0.15) is 5.26 Å². The zero-order valence-electron chi connectivity index (χ0n) is 8.17. The molecular weight excluding hydrogens is 221 g/mol. The number of hydrogen-bond acceptors (Lipinski definition) is 3. The molecule has 0 aliphatic rings. The minimum absolute atomic E-state index is 0.0210. The maximum atomic E-state index is 12.9. The van der Waals surface area contributed by atoms with Gasteiger partial charge in [0.05, 0.1) is 12.7 Å². The zero-order valence-corrected chi connectivity index (χ0v) is 8.17. The number of nitriles is 1. The van der Waals surface area contributed by atoms with E-state index in [9.17, 15) is 13.2 Å². The van der Waals surface area contributed by atoms with E-state index in [1.54, 1.807) is 6.07 Å². The van der Waals surface area contributed by atoms with Crippen LogP contribution in [0.3, 0.4) is 0 Å². The molecule has 2 N–H and O–H groups in total. The van der Waals surface area contributed by atoms with E-state index in [0.717, 1.165) is 12.1 Å². The molecule has 0 fully saturated rings. The van der Waals surface area contributed by atoms with E-state index in [1.165, 1.54) is 0 Å². The third-order valence-corrected chi connectivity index (χ3v) is 1.93. The molecule has 0 spiro atoms. The van der Waals surface area contributed by atoms with Crippen molar-refractivity contribution in [3.8, 4) is 6.07 Å². The highest BCUT2D eigenvalue weighted by Gasteiger charge is 2.16. The van der Waals surface area contributed by atoms with E-state index in [-0.39, 0.29) is 18.7 Å². The van der Waals surface area contributed by atoms with E-state index in [4.69, 9.17) is 10.4 Å². The largest absolute Gasteiger partial charge is 0.395 e. The van der Waals surface area contributed by atoms with Crippen molar-refractivity contribution in [1.29, 1.82) is 5.26 Å². The standard InChI is InChI=1S/C10H9F3N2O/c11-7-3-6(4-8(12)10(7)13)9(5-14)15-1-2-16/h3-4,9,15-16H,1-2H2. The minimum Gasteiger partial charge on any atom is -0.395 e. The Morgan fingerprint density at radius 3 is 2.31 bits per heavy atom. The van der Waals surface area contributed by atoms with Crippen LogP contribution in [-0.2, 0) is 0 Å². The molecule has 0 heterocycles. The summed E-state index contributed by atoms with van der Waals surface area (Å²) in [5, 5.41) is 19.8. The van der Waals surface area contributed by atoms with Gasteiger partial charge < -0.3 is 5.11 Å². The van der Waals surface area contributed by atoms with Gasteiger partial charge in [0, 0.05) is 6.54 Å². The first-order valence-electron chi connectivity index (χ1n) is 4.48. The van der Waals surface area contributed by atoms with Gasteiger partial charge in [-0.3, -0.25) is 5.32 Å². The molecule has 1 aromatic carbocycles. The summed E-state index contributed by atoms with van der Waals surface area (Å²) < 4.78 is 38.4. The Bertz CT molecular complexity index is 394. The highest BCUT2D eigenvalue weighted by Crippen LogP contribution is 2.18. The van der Waals surface area contributed by atoms with Crippen LogP contribution >= 0.6 is 0 Å². The molecule has 1 unspecified atom stereocenters. The Hall–Kier alpha value is -1.58. The van der Waals surface area contributed by atoms with Crippen molar-refractivity contribution >= 4 is 0 Å². The number of hydrogen-bond donors (Lipinski definition) is 2. The van der Waals surface area contributed by atoms with Gasteiger partial charge in [0.2, 0.25) is 0 Å². The quantitative estimate of drug-likeness (QED) is 0.765. The van der Waals surface area contributed by atoms with Gasteiger partial charge in [0.25, 0.3) is 0 Å². The molecule has 0 amide bonds. The number of nitrogens with one attached hydrogen (secondary N) is 1. The maximum absolute atomic E-state index is 12.9. The number of benzene rings is 1. The van der Waals surface area contributed by atoms with Crippen LogP contribution in [0.5, 0.6) is 0 Å². The Morgan fingerprint density at radius 2 is 1.88 bits per heavy atom. The molecule has 16 heavy (non-hydrogen) atoms. The summed E-state index contributed by atoms with van der Waals surface area (Å²) in [5.41, 5.74) is -0.0210. The van der Waals surface area contributed by atoms with E-state index >= 15 is 0 Å². The first-order valence-corrected chi connectivity index (χ1v) is 4.48. The second kappa shape index (κ2) is 5.49. The highest BCUT2D eigenvalue weighted by atomic mass is 19.2. The lowest BCUT2D eigenvalue weighted by Gasteiger charge is -2.11. The van der Waals surface area contributed by atoms with Gasteiger partial charge in [-0.1, -0.05) is 0 Å². The first-order chi connectivity index (χ1) is 7.60. The Morgan fingerprint density at radius 1 is 1.31 bits per heavy atom. The molecule has 3 nitrogen and oxygen atoms in total. The molecule has 0 bridgehead atoms. The van der Waals surface area contributed by atoms with Gasteiger partial charge in [0.1, 0.15) is 6.04 Å². The number of aliphatic hydroxyl groups is 1. The average Bonchev–Trinajstić information content (AvgIpc) is 2.26. The average molecular weight is 230 g/mol. The van der Waals surface area contributed by atoms with Crippen molar-refractivity contribution < 1.29 is 18.3 Å². The molecule has 0 saturated carbocycles. The molecular formula is C10H9F3N2O. The van der Waals surface area contributed by atoms with Gasteiger partial charge in [-0.15, -0.1) is 0 Å². The maximum Gasteiger partial charge on any atom is 0.194 e. The second-order valence-electron chi connectivity index (χ2n) is 3.04. The van der Waals surface area contributed by atoms with Gasteiger partial charge in [0.15, 0.2) is 17.5 Å². The van der Waals surface area contributed by atoms with Crippen LogP contribution in [-0.4, -0.2) is 18.3 Å². The Labute approximate surface area is 90.1 Å². The summed E-state index contributed by atoms with van der Waals surface area (Å²) in [6, 6.07) is 2.25. The predicted octanol–water partition coefficient (Wildman–Crippen LogP) is 1.25. The molecule has 0 saturated heterocycles. The van der Waals surface area contributed by atoms with Crippen molar-refractivity contribution in [3.63, 3.8) is 0 Å². The SMILES string of the molecule is N#CC(NCCO)c1cc(F)c(F)c(F)c1. The lowest BCUT2D eigenvalue weighted by Crippen LogP contribution is -2.23. The van der Waals surface area contributed by atoms with E-state index in [0.29, 0.717) is 0 Å². The predicted molar refractivity (Wildman–Crippen MR) is 49.8 cm³/mol. The Balaban J connectivity index is 2.98. The zero-order chi connectivity index (χ0) is 12.1. The van der Waals surface area contributed by atoms with Gasteiger partial charge in [-0.25, -0.2) is 13.2 Å². The minimum atomic E-state index is -1.57. The fourth-order valence-electron chi connectivity index (χ4n) is 1.19. The second-order valence-corrected chi connectivity index (χ2v) is 3.04. The molecule has 0 aromatic heterocycles. The molecule has 0 aliphatic carbocycles. The van der Waals surface area contributed by atoms with Crippen LogP contribution < -0.4 is 5.32 Å². The molecule has 1 aromatic rings. The number of nitrogens with zero attached hydrogens (tertiary/aromatic N) is 1. The van der Waals surface area contributed by atoms with Crippen molar-refractivity contribution in [2.24, 2.45) is 0 Å². The van der Waals surface area contributed by atoms with Crippen LogP contribution in [0.15, 0.2) is 12.1 Å². The summed E-state index contributed by atoms with van der Waals surface area (Å²) in [6.45, 7) is -0.122. The van der Waals surface area contributed by atoms with Gasteiger partial charge >= 0.3 is 0 Å². The first kappa shape index (κ1) is 12.5. The smallest absolute Gasteiger partial charge is 0.194 e. The van der Waals surface area contributed by atoms with Crippen LogP contribution in [0.2, 0.25) is 0 Å². The van der Waals surface area contributed by atoms with Crippen molar-refractivity contribution in [1.82, 2.24) is 5.32 Å². The number of rotatable bonds is 4. The highest BCUT2D eigenvalue weighted by molar-refractivity contribution is 5.26. The van der Waals surface area contributed by atoms with Gasteiger partial charge in [-0.05, 0) is 17.7 Å². The van der Waals surface area contributed by atoms with Crippen LogP contribution in [0.1, 0.15) is 11.6 Å². The molecule has 86 valence electrons. The summed E-state index contributed by atoms with van der Waals surface area (Å²) >= 11 is 0. The topological polar surface area (TPSA) is 56.0 Å². The number of aliphatic hydroxyl groups excluding tert-OH is 1. The van der Waals surface area contributed by atoms with Crippen molar-refractivity contribution in [2.45, 2.75) is 6.04 Å². The molecule has 1 atom stereocenters. The van der Waals surface area contributed by atoms with Crippen molar-refractivity contribution in [3.05, 3.63) is 35.1 Å². The lowest BCUT2D eigenvalue weighted by molar-refractivity contribution is 0.289. The normalized spacial score (nSPS) is 12.2. The van der Waals surface area contributed by atoms with Crippen molar-refractivity contribution in [2.75, 3.05) is 13.2 Å². The summed E-state index contributed by atoms with van der Waals surface area (Å²) in [6.07, 6.45) is 0.